The molecule has 0 spiro atoms. The van der Waals surface area contributed by atoms with Crippen LogP contribution >= 0.6 is 0 Å². The molecule has 0 N–H and O–H groups in total. The quantitative estimate of drug-likeness (QED) is 0.770. The van der Waals surface area contributed by atoms with Gasteiger partial charge in [0.05, 0.1) is 11.3 Å². The standard InChI is InChI=1S/C14H20N2/c1-5-6-12(3)16(4)14-9-11(2)7-8-13(14)10-15/h7-9,12H,5-6H2,1-4H3. The molecule has 0 bridgehead atoms. The summed E-state index contributed by atoms with van der Waals surface area (Å²) in [5.41, 5.74) is 3.00. The molecule has 0 saturated carbocycles. The molecule has 1 unspecified atom stereocenters. The highest BCUT2D eigenvalue weighted by atomic mass is 15.1. The fraction of sp³-hybridized carbons (Fsp3) is 0.500. The van der Waals surface area contributed by atoms with Gasteiger partial charge in [0.15, 0.2) is 0 Å². The predicted molar refractivity (Wildman–Crippen MR) is 68.7 cm³/mol. The molecule has 0 aromatic heterocycles. The Morgan fingerprint density at radius 3 is 2.69 bits per heavy atom. The molecule has 86 valence electrons. The van der Waals surface area contributed by atoms with Gasteiger partial charge in [0.2, 0.25) is 0 Å². The molecule has 0 saturated heterocycles. The second-order valence-electron chi connectivity index (χ2n) is 4.38. The van der Waals surface area contributed by atoms with E-state index in [9.17, 15) is 0 Å². The highest BCUT2D eigenvalue weighted by Crippen LogP contribution is 2.23. The van der Waals surface area contributed by atoms with E-state index in [0.717, 1.165) is 17.7 Å². The number of nitrogens with zero attached hydrogens (tertiary/aromatic N) is 2. The third-order valence-electron chi connectivity index (χ3n) is 3.02. The Bertz CT molecular complexity index is 390. The van der Waals surface area contributed by atoms with Crippen LogP contribution in [0.25, 0.3) is 0 Å². The van der Waals surface area contributed by atoms with Crippen LogP contribution in [-0.4, -0.2) is 13.1 Å². The lowest BCUT2D eigenvalue weighted by atomic mass is 10.1. The molecule has 16 heavy (non-hydrogen) atoms. The van der Waals surface area contributed by atoms with Gasteiger partial charge in [-0.15, -0.1) is 0 Å². The molecule has 1 aromatic rings. The second kappa shape index (κ2) is 5.55. The van der Waals surface area contributed by atoms with E-state index in [-0.39, 0.29) is 0 Å². The summed E-state index contributed by atoms with van der Waals surface area (Å²) in [4.78, 5) is 2.20. The minimum Gasteiger partial charge on any atom is -0.371 e. The van der Waals surface area contributed by atoms with Gasteiger partial charge in [0.1, 0.15) is 6.07 Å². The van der Waals surface area contributed by atoms with Crippen LogP contribution in [-0.2, 0) is 0 Å². The Kier molecular flexibility index (Phi) is 4.37. The third-order valence-corrected chi connectivity index (χ3v) is 3.02. The number of rotatable bonds is 4. The average Bonchev–Trinajstić information content (AvgIpc) is 2.28. The highest BCUT2D eigenvalue weighted by molar-refractivity contribution is 5.60. The van der Waals surface area contributed by atoms with Crippen molar-refractivity contribution in [2.45, 2.75) is 39.7 Å². The number of hydrogen-bond donors (Lipinski definition) is 0. The minimum atomic E-state index is 0.471. The van der Waals surface area contributed by atoms with E-state index in [1.54, 1.807) is 0 Å². The number of aryl methyl sites for hydroxylation is 1. The molecule has 0 aliphatic carbocycles. The van der Waals surface area contributed by atoms with E-state index in [1.165, 1.54) is 12.0 Å². The number of nitriles is 1. The molecule has 2 nitrogen and oxygen atoms in total. The lowest BCUT2D eigenvalue weighted by Crippen LogP contribution is -2.29. The number of anilines is 1. The molecule has 0 radical (unpaired) electrons. The highest BCUT2D eigenvalue weighted by Gasteiger charge is 2.12. The van der Waals surface area contributed by atoms with E-state index in [1.807, 2.05) is 12.1 Å². The van der Waals surface area contributed by atoms with Gasteiger partial charge in [-0.2, -0.15) is 5.26 Å². The molecule has 2 heteroatoms. The summed E-state index contributed by atoms with van der Waals surface area (Å²) in [6, 6.07) is 8.71. The van der Waals surface area contributed by atoms with E-state index >= 15 is 0 Å². The number of hydrogen-bond acceptors (Lipinski definition) is 2. The molecule has 1 atom stereocenters. The smallest absolute Gasteiger partial charge is 0.101 e. The summed E-state index contributed by atoms with van der Waals surface area (Å²) in [6.07, 6.45) is 2.31. The molecular weight excluding hydrogens is 196 g/mol. The van der Waals surface area contributed by atoms with E-state index in [0.29, 0.717) is 6.04 Å². The first-order valence-electron chi connectivity index (χ1n) is 5.83. The van der Waals surface area contributed by atoms with Gasteiger partial charge in [0, 0.05) is 13.1 Å². The van der Waals surface area contributed by atoms with Gasteiger partial charge in [-0.25, -0.2) is 0 Å². The van der Waals surface area contributed by atoms with Crippen molar-refractivity contribution >= 4 is 5.69 Å². The van der Waals surface area contributed by atoms with Crippen molar-refractivity contribution in [1.29, 1.82) is 5.26 Å². The van der Waals surface area contributed by atoms with Gasteiger partial charge in [-0.05, 0) is 38.0 Å². The van der Waals surface area contributed by atoms with Crippen molar-refractivity contribution in [2.24, 2.45) is 0 Å². The topological polar surface area (TPSA) is 27.0 Å². The molecule has 0 heterocycles. The van der Waals surface area contributed by atoms with Crippen LogP contribution in [0, 0.1) is 18.3 Å². The summed E-state index contributed by atoms with van der Waals surface area (Å²) < 4.78 is 0. The minimum absolute atomic E-state index is 0.471. The third kappa shape index (κ3) is 2.76. The van der Waals surface area contributed by atoms with Crippen molar-refractivity contribution in [2.75, 3.05) is 11.9 Å². The lowest BCUT2D eigenvalue weighted by molar-refractivity contribution is 0.615. The Morgan fingerprint density at radius 1 is 1.44 bits per heavy atom. The van der Waals surface area contributed by atoms with E-state index < -0.39 is 0 Å². The molecule has 0 fully saturated rings. The number of benzene rings is 1. The van der Waals surface area contributed by atoms with Crippen LogP contribution in [0.4, 0.5) is 5.69 Å². The Morgan fingerprint density at radius 2 is 2.12 bits per heavy atom. The van der Waals surface area contributed by atoms with Gasteiger partial charge in [-0.3, -0.25) is 0 Å². The average molecular weight is 216 g/mol. The van der Waals surface area contributed by atoms with Crippen molar-refractivity contribution in [3.05, 3.63) is 29.3 Å². The fourth-order valence-corrected chi connectivity index (χ4v) is 1.88. The Labute approximate surface area is 98.5 Å². The van der Waals surface area contributed by atoms with Gasteiger partial charge >= 0.3 is 0 Å². The molecule has 0 amide bonds. The predicted octanol–water partition coefficient (Wildman–Crippen LogP) is 3.49. The normalized spacial score (nSPS) is 11.9. The maximum Gasteiger partial charge on any atom is 0.101 e. The molecule has 0 aliphatic heterocycles. The Balaban J connectivity index is 3.02. The summed E-state index contributed by atoms with van der Waals surface area (Å²) in [5, 5.41) is 9.09. The van der Waals surface area contributed by atoms with Crippen molar-refractivity contribution in [3.8, 4) is 6.07 Å². The molecule has 0 aliphatic rings. The molecular formula is C14H20N2. The zero-order valence-corrected chi connectivity index (χ0v) is 10.6. The zero-order valence-electron chi connectivity index (χ0n) is 10.6. The van der Waals surface area contributed by atoms with Gasteiger partial charge < -0.3 is 4.90 Å². The first-order valence-corrected chi connectivity index (χ1v) is 5.83. The molecule has 1 aromatic carbocycles. The van der Waals surface area contributed by atoms with Crippen LogP contribution in [0.1, 0.15) is 37.8 Å². The fourth-order valence-electron chi connectivity index (χ4n) is 1.88. The maximum absolute atomic E-state index is 9.09. The summed E-state index contributed by atoms with van der Waals surface area (Å²) in [7, 11) is 2.07. The Hall–Kier alpha value is -1.49. The first kappa shape index (κ1) is 12.6. The summed E-state index contributed by atoms with van der Waals surface area (Å²) in [5.74, 6) is 0. The van der Waals surface area contributed by atoms with Crippen LogP contribution < -0.4 is 4.90 Å². The second-order valence-corrected chi connectivity index (χ2v) is 4.38. The zero-order chi connectivity index (χ0) is 12.1. The van der Waals surface area contributed by atoms with Crippen LogP contribution in [0.15, 0.2) is 18.2 Å². The first-order chi connectivity index (χ1) is 7.60. The monoisotopic (exact) mass is 216 g/mol. The van der Waals surface area contributed by atoms with Gasteiger partial charge in [0.25, 0.3) is 0 Å². The maximum atomic E-state index is 9.09. The summed E-state index contributed by atoms with van der Waals surface area (Å²) >= 11 is 0. The van der Waals surface area contributed by atoms with Crippen molar-refractivity contribution < 1.29 is 0 Å². The van der Waals surface area contributed by atoms with Crippen LogP contribution in [0.3, 0.4) is 0 Å². The van der Waals surface area contributed by atoms with Crippen molar-refractivity contribution in [3.63, 3.8) is 0 Å². The SMILES string of the molecule is CCCC(C)N(C)c1cc(C)ccc1C#N. The van der Waals surface area contributed by atoms with Crippen molar-refractivity contribution in [1.82, 2.24) is 0 Å². The van der Waals surface area contributed by atoms with E-state index in [4.69, 9.17) is 5.26 Å². The lowest BCUT2D eigenvalue weighted by Gasteiger charge is -2.27. The molecule has 1 rings (SSSR count). The summed E-state index contributed by atoms with van der Waals surface area (Å²) in [6.45, 7) is 6.45. The van der Waals surface area contributed by atoms with E-state index in [2.05, 4.69) is 44.9 Å². The van der Waals surface area contributed by atoms with Crippen LogP contribution in [0.5, 0.6) is 0 Å². The van der Waals surface area contributed by atoms with Crippen LogP contribution in [0.2, 0.25) is 0 Å². The van der Waals surface area contributed by atoms with Gasteiger partial charge in [-0.1, -0.05) is 19.4 Å². The largest absolute Gasteiger partial charge is 0.371 e.